The summed E-state index contributed by atoms with van der Waals surface area (Å²) in [6, 6.07) is 11.3. The molecule has 4 N–H and O–H groups in total. The van der Waals surface area contributed by atoms with Crippen LogP contribution in [0.15, 0.2) is 48.8 Å². The van der Waals surface area contributed by atoms with E-state index in [1.165, 1.54) is 0 Å². The molecule has 9 nitrogen and oxygen atoms in total. The van der Waals surface area contributed by atoms with Gasteiger partial charge in [0.25, 0.3) is 0 Å². The van der Waals surface area contributed by atoms with E-state index in [1.54, 1.807) is 12.4 Å². The van der Waals surface area contributed by atoms with E-state index >= 15 is 0 Å². The fourth-order valence-corrected chi connectivity index (χ4v) is 3.56. The molecule has 0 radical (unpaired) electrons. The third-order valence-corrected chi connectivity index (χ3v) is 5.55. The van der Waals surface area contributed by atoms with Gasteiger partial charge in [-0.3, -0.25) is 4.79 Å². The average molecular weight is 432 g/mol. The predicted molar refractivity (Wildman–Crippen MR) is 124 cm³/mol. The molecule has 2 aliphatic rings. The number of hydrogen-bond donors (Lipinski definition) is 3. The highest BCUT2D eigenvalue weighted by Crippen LogP contribution is 2.32. The van der Waals surface area contributed by atoms with Gasteiger partial charge >= 0.3 is 0 Å². The number of carbonyl (C=O) groups is 1. The number of anilines is 5. The number of nitrogens with zero attached hydrogens (tertiary/aromatic N) is 4. The highest BCUT2D eigenvalue weighted by atomic mass is 16.5. The summed E-state index contributed by atoms with van der Waals surface area (Å²) in [7, 11) is 0. The summed E-state index contributed by atoms with van der Waals surface area (Å²) in [5.41, 5.74) is 9.68. The molecule has 0 bridgehead atoms. The van der Waals surface area contributed by atoms with Crippen molar-refractivity contribution in [2.24, 2.45) is 5.92 Å². The van der Waals surface area contributed by atoms with E-state index in [0.717, 1.165) is 61.9 Å². The lowest BCUT2D eigenvalue weighted by atomic mass is 10.1. The quantitative estimate of drug-likeness (QED) is 0.510. The molecular weight excluding hydrogens is 406 g/mol. The van der Waals surface area contributed by atoms with Crippen LogP contribution in [0, 0.1) is 5.92 Å². The Morgan fingerprint density at radius 2 is 1.94 bits per heavy atom. The van der Waals surface area contributed by atoms with Crippen LogP contribution in [0.2, 0.25) is 0 Å². The number of carbonyl (C=O) groups excluding carboxylic acids is 1. The summed E-state index contributed by atoms with van der Waals surface area (Å²) < 4.78 is 5.39. The molecule has 1 aliphatic carbocycles. The van der Waals surface area contributed by atoms with E-state index < -0.39 is 0 Å². The lowest BCUT2D eigenvalue weighted by Gasteiger charge is -2.27. The minimum absolute atomic E-state index is 0.0335. The van der Waals surface area contributed by atoms with Crippen molar-refractivity contribution in [1.82, 2.24) is 15.0 Å². The number of hydrogen-bond acceptors (Lipinski definition) is 8. The minimum Gasteiger partial charge on any atom is -0.397 e. The number of rotatable bonds is 6. The number of aromatic nitrogens is 3. The largest absolute Gasteiger partial charge is 0.397 e. The number of ether oxygens (including phenoxy) is 1. The summed E-state index contributed by atoms with van der Waals surface area (Å²) in [5.74, 6) is 1.55. The molecule has 2 aromatic heterocycles. The Hall–Kier alpha value is -3.72. The van der Waals surface area contributed by atoms with Crippen LogP contribution in [0.25, 0.3) is 11.3 Å². The third-order valence-electron chi connectivity index (χ3n) is 5.55. The molecule has 3 heterocycles. The first kappa shape index (κ1) is 20.2. The van der Waals surface area contributed by atoms with E-state index in [0.29, 0.717) is 17.3 Å². The zero-order chi connectivity index (χ0) is 21.9. The Kier molecular flexibility index (Phi) is 5.55. The van der Waals surface area contributed by atoms with Gasteiger partial charge in [0.05, 0.1) is 42.2 Å². The second-order valence-electron chi connectivity index (χ2n) is 7.96. The Bertz CT molecular complexity index is 1110. The van der Waals surface area contributed by atoms with Crippen molar-refractivity contribution < 1.29 is 9.53 Å². The van der Waals surface area contributed by atoms with E-state index in [4.69, 9.17) is 10.5 Å². The fraction of sp³-hybridized carbons (Fsp3) is 0.304. The molecule has 0 atom stereocenters. The van der Waals surface area contributed by atoms with Gasteiger partial charge in [-0.05, 0) is 43.2 Å². The van der Waals surface area contributed by atoms with Crippen molar-refractivity contribution in [3.8, 4) is 11.3 Å². The maximum absolute atomic E-state index is 12.0. The van der Waals surface area contributed by atoms with Gasteiger partial charge in [-0.1, -0.05) is 6.07 Å². The standard InChI is InChI=1S/C23H25N7O2/c24-18-13-16(3-5-20(18)28-22(31)15-1-2-15)19-7-8-25-23(29-19)27-17-4-6-21(26-14-17)30-9-11-32-12-10-30/h3-8,13-15H,1-2,9-12,24H2,(H,28,31)(H,25,27,29). The molecule has 1 saturated carbocycles. The topological polar surface area (TPSA) is 118 Å². The highest BCUT2D eigenvalue weighted by Gasteiger charge is 2.29. The molecule has 1 saturated heterocycles. The molecule has 1 aliphatic heterocycles. The van der Waals surface area contributed by atoms with Crippen LogP contribution >= 0.6 is 0 Å². The van der Waals surface area contributed by atoms with Gasteiger partial charge in [0.1, 0.15) is 5.82 Å². The van der Waals surface area contributed by atoms with E-state index in [9.17, 15) is 4.79 Å². The number of nitrogens with two attached hydrogens (primary N) is 1. The molecule has 1 aromatic carbocycles. The number of pyridine rings is 1. The predicted octanol–water partition coefficient (Wildman–Crippen LogP) is 3.05. The van der Waals surface area contributed by atoms with Crippen LogP contribution in [0.5, 0.6) is 0 Å². The van der Waals surface area contributed by atoms with Gasteiger partial charge in [-0.25, -0.2) is 15.0 Å². The van der Waals surface area contributed by atoms with E-state index in [2.05, 4.69) is 30.5 Å². The monoisotopic (exact) mass is 431 g/mol. The first-order valence-corrected chi connectivity index (χ1v) is 10.8. The van der Waals surface area contributed by atoms with Gasteiger partial charge < -0.3 is 26.0 Å². The molecule has 32 heavy (non-hydrogen) atoms. The number of benzene rings is 1. The van der Waals surface area contributed by atoms with E-state index in [-0.39, 0.29) is 11.8 Å². The van der Waals surface area contributed by atoms with Crippen LogP contribution < -0.4 is 21.3 Å². The summed E-state index contributed by atoms with van der Waals surface area (Å²) in [4.78, 5) is 27.7. The number of nitrogens with one attached hydrogen (secondary N) is 2. The van der Waals surface area contributed by atoms with Gasteiger partial charge in [-0.2, -0.15) is 0 Å². The number of nitrogen functional groups attached to an aromatic ring is 1. The molecule has 0 unspecified atom stereocenters. The first-order valence-electron chi connectivity index (χ1n) is 10.8. The second kappa shape index (κ2) is 8.80. The summed E-state index contributed by atoms with van der Waals surface area (Å²) >= 11 is 0. The summed E-state index contributed by atoms with van der Waals surface area (Å²) in [5, 5.41) is 6.10. The summed E-state index contributed by atoms with van der Waals surface area (Å²) in [6.07, 6.45) is 5.37. The third kappa shape index (κ3) is 4.62. The molecule has 3 aromatic rings. The molecule has 164 valence electrons. The fourth-order valence-electron chi connectivity index (χ4n) is 3.56. The smallest absolute Gasteiger partial charge is 0.227 e. The first-order chi connectivity index (χ1) is 15.7. The van der Waals surface area contributed by atoms with Crippen molar-refractivity contribution in [3.63, 3.8) is 0 Å². The van der Waals surface area contributed by atoms with Gasteiger partial charge in [0.15, 0.2) is 0 Å². The molecule has 1 amide bonds. The van der Waals surface area contributed by atoms with Gasteiger partial charge in [0, 0.05) is 30.8 Å². The Morgan fingerprint density at radius 1 is 1.09 bits per heavy atom. The maximum Gasteiger partial charge on any atom is 0.227 e. The van der Waals surface area contributed by atoms with Crippen molar-refractivity contribution in [3.05, 3.63) is 48.8 Å². The van der Waals surface area contributed by atoms with Crippen LogP contribution in [-0.4, -0.2) is 47.2 Å². The van der Waals surface area contributed by atoms with Crippen LogP contribution in [0.3, 0.4) is 0 Å². The lowest BCUT2D eigenvalue weighted by molar-refractivity contribution is -0.117. The highest BCUT2D eigenvalue weighted by molar-refractivity contribution is 5.97. The summed E-state index contributed by atoms with van der Waals surface area (Å²) in [6.45, 7) is 3.13. The molecular formula is C23H25N7O2. The van der Waals surface area contributed by atoms with Gasteiger partial charge in [0.2, 0.25) is 11.9 Å². The zero-order valence-corrected chi connectivity index (χ0v) is 17.6. The van der Waals surface area contributed by atoms with E-state index in [1.807, 2.05) is 36.4 Å². The van der Waals surface area contributed by atoms with Crippen molar-refractivity contribution in [2.75, 3.05) is 47.6 Å². The second-order valence-corrected chi connectivity index (χ2v) is 7.96. The Balaban J connectivity index is 1.28. The van der Waals surface area contributed by atoms with Gasteiger partial charge in [-0.15, -0.1) is 0 Å². The minimum atomic E-state index is 0.0335. The molecule has 0 spiro atoms. The normalized spacial score (nSPS) is 15.9. The lowest BCUT2D eigenvalue weighted by Crippen LogP contribution is -2.36. The van der Waals surface area contributed by atoms with Crippen molar-refractivity contribution in [2.45, 2.75) is 12.8 Å². The van der Waals surface area contributed by atoms with Crippen LogP contribution in [0.1, 0.15) is 12.8 Å². The van der Waals surface area contributed by atoms with Crippen LogP contribution in [-0.2, 0) is 9.53 Å². The van der Waals surface area contributed by atoms with Crippen LogP contribution in [0.4, 0.5) is 28.8 Å². The molecule has 5 rings (SSSR count). The molecule has 2 fully saturated rings. The van der Waals surface area contributed by atoms with Crippen molar-refractivity contribution in [1.29, 1.82) is 0 Å². The molecule has 9 heteroatoms. The Morgan fingerprint density at radius 3 is 2.66 bits per heavy atom. The average Bonchev–Trinajstić information content (AvgIpc) is 3.67. The number of amides is 1. The maximum atomic E-state index is 12.0. The Labute approximate surface area is 186 Å². The SMILES string of the molecule is Nc1cc(-c2ccnc(Nc3ccc(N4CCOCC4)nc3)n2)ccc1NC(=O)C1CC1. The number of morpholine rings is 1. The zero-order valence-electron chi connectivity index (χ0n) is 17.6. The van der Waals surface area contributed by atoms with Crippen molar-refractivity contribution >= 4 is 34.7 Å².